The summed E-state index contributed by atoms with van der Waals surface area (Å²) in [5, 5.41) is 13.6. The van der Waals surface area contributed by atoms with E-state index in [0.29, 0.717) is 11.5 Å². The lowest BCUT2D eigenvalue weighted by Gasteiger charge is -2.29. The first-order valence-corrected chi connectivity index (χ1v) is 14.5. The van der Waals surface area contributed by atoms with Gasteiger partial charge < -0.3 is 9.47 Å². The lowest BCUT2D eigenvalue weighted by molar-refractivity contribution is 0.744. The summed E-state index contributed by atoms with van der Waals surface area (Å²) >= 11 is 0. The molecule has 1 aromatic heterocycles. The van der Waals surface area contributed by atoms with E-state index in [-0.39, 0.29) is 12.0 Å². The van der Waals surface area contributed by atoms with Gasteiger partial charge in [-0.2, -0.15) is 5.26 Å². The highest BCUT2D eigenvalue weighted by molar-refractivity contribution is 5.95. The van der Waals surface area contributed by atoms with Crippen molar-refractivity contribution in [2.24, 2.45) is 5.92 Å². The van der Waals surface area contributed by atoms with E-state index >= 15 is 0 Å². The van der Waals surface area contributed by atoms with Crippen molar-refractivity contribution in [2.45, 2.75) is 31.7 Å². The lowest BCUT2D eigenvalue weighted by Crippen LogP contribution is -2.29. The van der Waals surface area contributed by atoms with Crippen LogP contribution < -0.4 is 15.5 Å². The van der Waals surface area contributed by atoms with Crippen molar-refractivity contribution in [2.75, 3.05) is 4.90 Å². The molecule has 2 heterocycles. The van der Waals surface area contributed by atoms with Crippen molar-refractivity contribution in [1.82, 2.24) is 4.57 Å². The fraction of sp³-hybridized carbons (Fsp3) is 0.158. The molecule has 3 unspecified atom stereocenters. The van der Waals surface area contributed by atoms with Gasteiger partial charge in [0.1, 0.15) is 6.07 Å². The SMILES string of the molecule is CC1C=CC=C(c2cccc3c2c2c(n3-c3ccc4c(c3)C3C=CC=CC3N4c3ccccc3C#N)=C=CCC=2)C1. The molecule has 0 saturated carbocycles. The molecule has 3 aliphatic carbocycles. The molecule has 0 spiro atoms. The number of para-hydroxylation sites is 1. The maximum atomic E-state index is 9.90. The monoisotopic (exact) mass is 527 g/mol. The van der Waals surface area contributed by atoms with E-state index in [2.05, 4.69) is 125 Å². The summed E-state index contributed by atoms with van der Waals surface area (Å²) < 4.78 is 2.40. The van der Waals surface area contributed by atoms with Crippen LogP contribution in [0.15, 0.2) is 109 Å². The van der Waals surface area contributed by atoms with Crippen LogP contribution in [0.25, 0.3) is 34.0 Å². The summed E-state index contributed by atoms with van der Waals surface area (Å²) in [5.41, 5.74) is 12.8. The van der Waals surface area contributed by atoms with Gasteiger partial charge in [0.25, 0.3) is 0 Å². The zero-order chi connectivity index (χ0) is 27.5. The van der Waals surface area contributed by atoms with Crippen molar-refractivity contribution in [1.29, 1.82) is 5.26 Å². The number of fused-ring (bicyclic) bond motifs is 6. The second-order valence-corrected chi connectivity index (χ2v) is 11.4. The molecule has 3 aromatic carbocycles. The number of allylic oxidation sites excluding steroid dienone is 7. The molecule has 0 bridgehead atoms. The van der Waals surface area contributed by atoms with Crippen LogP contribution in [0.3, 0.4) is 0 Å². The highest BCUT2D eigenvalue weighted by Gasteiger charge is 2.38. The van der Waals surface area contributed by atoms with Crippen molar-refractivity contribution in [3.63, 3.8) is 0 Å². The van der Waals surface area contributed by atoms with E-state index in [1.165, 1.54) is 32.8 Å². The van der Waals surface area contributed by atoms with E-state index in [1.54, 1.807) is 0 Å². The third-order valence-electron chi connectivity index (χ3n) is 8.91. The maximum Gasteiger partial charge on any atom is 0.101 e. The summed E-state index contributed by atoms with van der Waals surface area (Å²) in [6.45, 7) is 2.29. The molecule has 0 fully saturated rings. The molecule has 8 rings (SSSR count). The largest absolute Gasteiger partial charge is 0.332 e. The van der Waals surface area contributed by atoms with E-state index in [0.717, 1.165) is 35.3 Å². The third kappa shape index (κ3) is 3.59. The Bertz CT molecular complexity index is 2090. The Hall–Kier alpha value is -5.03. The number of nitrogens with zero attached hydrogens (tertiary/aromatic N) is 3. The van der Waals surface area contributed by atoms with Crippen LogP contribution in [0.1, 0.15) is 42.4 Å². The molecular formula is C38H29N3. The number of benzene rings is 3. The maximum absolute atomic E-state index is 9.90. The molecule has 196 valence electrons. The summed E-state index contributed by atoms with van der Waals surface area (Å²) in [6, 6.07) is 24.1. The quantitative estimate of drug-likeness (QED) is 0.279. The Kier molecular flexibility index (Phi) is 5.39. The number of rotatable bonds is 3. The molecule has 3 heteroatoms. The van der Waals surface area contributed by atoms with E-state index in [4.69, 9.17) is 0 Å². The first-order valence-electron chi connectivity index (χ1n) is 14.5. The highest BCUT2D eigenvalue weighted by Crippen LogP contribution is 2.49. The predicted molar refractivity (Wildman–Crippen MR) is 169 cm³/mol. The van der Waals surface area contributed by atoms with Gasteiger partial charge in [-0.3, -0.25) is 0 Å². The molecule has 0 N–H and O–H groups in total. The van der Waals surface area contributed by atoms with Crippen molar-refractivity contribution in [3.05, 3.63) is 137 Å². The first-order chi connectivity index (χ1) is 20.2. The lowest BCUT2D eigenvalue weighted by atomic mass is 9.89. The van der Waals surface area contributed by atoms with Crippen LogP contribution in [0.5, 0.6) is 0 Å². The van der Waals surface area contributed by atoms with Gasteiger partial charge in [-0.05, 0) is 77.9 Å². The highest BCUT2D eigenvalue weighted by atomic mass is 15.2. The third-order valence-corrected chi connectivity index (χ3v) is 8.91. The van der Waals surface area contributed by atoms with Crippen LogP contribution in [-0.4, -0.2) is 10.6 Å². The Balaban J connectivity index is 1.36. The Morgan fingerprint density at radius 3 is 2.73 bits per heavy atom. The van der Waals surface area contributed by atoms with E-state index in [1.807, 2.05) is 18.2 Å². The second-order valence-electron chi connectivity index (χ2n) is 11.4. The van der Waals surface area contributed by atoms with Crippen molar-refractivity contribution in [3.8, 4) is 11.8 Å². The molecule has 3 nitrogen and oxygen atoms in total. The van der Waals surface area contributed by atoms with Crippen molar-refractivity contribution < 1.29 is 0 Å². The molecule has 4 aliphatic rings. The minimum absolute atomic E-state index is 0.134. The summed E-state index contributed by atoms with van der Waals surface area (Å²) in [6.07, 6.45) is 22.1. The fourth-order valence-corrected chi connectivity index (χ4v) is 7.15. The minimum atomic E-state index is 0.134. The number of hydrogen-bond donors (Lipinski definition) is 0. The number of nitriles is 1. The fourth-order valence-electron chi connectivity index (χ4n) is 7.15. The molecule has 0 amide bonds. The van der Waals surface area contributed by atoms with Crippen LogP contribution in [0.2, 0.25) is 0 Å². The van der Waals surface area contributed by atoms with Gasteiger partial charge in [0.2, 0.25) is 0 Å². The van der Waals surface area contributed by atoms with Gasteiger partial charge in [-0.1, -0.05) is 85.5 Å². The van der Waals surface area contributed by atoms with Gasteiger partial charge in [0.15, 0.2) is 0 Å². The average molecular weight is 528 g/mol. The van der Waals surface area contributed by atoms with Gasteiger partial charge in [-0.25, -0.2) is 0 Å². The van der Waals surface area contributed by atoms with Crippen LogP contribution in [-0.2, 0) is 0 Å². The molecular weight excluding hydrogens is 498 g/mol. The smallest absolute Gasteiger partial charge is 0.101 e. The molecule has 0 radical (unpaired) electrons. The molecule has 3 atom stereocenters. The molecule has 41 heavy (non-hydrogen) atoms. The van der Waals surface area contributed by atoms with Gasteiger partial charge in [0, 0.05) is 27.9 Å². The van der Waals surface area contributed by atoms with Gasteiger partial charge in [0.05, 0.1) is 28.2 Å². The number of hydrogen-bond acceptors (Lipinski definition) is 2. The van der Waals surface area contributed by atoms with Gasteiger partial charge >= 0.3 is 0 Å². The summed E-state index contributed by atoms with van der Waals surface area (Å²) in [4.78, 5) is 2.34. The van der Waals surface area contributed by atoms with E-state index in [9.17, 15) is 5.26 Å². The zero-order valence-electron chi connectivity index (χ0n) is 23.0. The number of aromatic nitrogens is 1. The topological polar surface area (TPSA) is 32.0 Å². The average Bonchev–Trinajstić information content (AvgIpc) is 3.53. The first kappa shape index (κ1) is 23.8. The number of anilines is 2. The summed E-state index contributed by atoms with van der Waals surface area (Å²) in [5.74, 6) is 0.747. The minimum Gasteiger partial charge on any atom is -0.332 e. The molecule has 0 saturated heterocycles. The molecule has 4 aromatic rings. The van der Waals surface area contributed by atoms with Gasteiger partial charge in [-0.15, -0.1) is 0 Å². The Labute approximate surface area is 240 Å². The zero-order valence-corrected chi connectivity index (χ0v) is 23.0. The van der Waals surface area contributed by atoms with Crippen LogP contribution in [0, 0.1) is 17.2 Å². The predicted octanol–water partition coefficient (Wildman–Crippen LogP) is 7.33. The van der Waals surface area contributed by atoms with Crippen molar-refractivity contribution >= 4 is 39.7 Å². The standard InChI is InChI=1S/C38H29N3/c1-25-10-8-12-26(22-25)29-15-9-19-37-38(29)31-14-4-7-18-35(31)40(37)28-20-21-36-32(23-28)30-13-3-6-17-34(30)41(36)33-16-5-2-11-27(33)24-39/h2-3,5-17,19-21,23,25,30,34H,4,22H2,1H3. The normalized spacial score (nSPS) is 21.5. The summed E-state index contributed by atoms with van der Waals surface area (Å²) in [7, 11) is 0. The molecule has 1 aliphatic heterocycles. The Morgan fingerprint density at radius 1 is 0.927 bits per heavy atom. The Morgan fingerprint density at radius 2 is 1.83 bits per heavy atom. The second kappa shape index (κ2) is 9.27. The van der Waals surface area contributed by atoms with Crippen LogP contribution in [0.4, 0.5) is 11.4 Å². The van der Waals surface area contributed by atoms with E-state index < -0.39 is 0 Å². The van der Waals surface area contributed by atoms with Crippen LogP contribution >= 0.6 is 0 Å².